The lowest BCUT2D eigenvalue weighted by molar-refractivity contribution is 0.102. The number of aryl methyl sites for hydroxylation is 1. The van der Waals surface area contributed by atoms with Crippen LogP contribution in [0.3, 0.4) is 0 Å². The number of benzene rings is 2. The first-order valence-corrected chi connectivity index (χ1v) is 13.2. The third-order valence-corrected chi connectivity index (χ3v) is 7.14. The number of hydrogen-bond acceptors (Lipinski definition) is 8. The number of rotatable bonds is 7. The number of ether oxygens (including phenoxy) is 3. The summed E-state index contributed by atoms with van der Waals surface area (Å²) in [5.41, 5.74) is 2.97. The Morgan fingerprint density at radius 1 is 1.08 bits per heavy atom. The average Bonchev–Trinajstić information content (AvgIpc) is 2.94. The van der Waals surface area contributed by atoms with Gasteiger partial charge in [0.2, 0.25) is 11.8 Å². The molecule has 39 heavy (non-hydrogen) atoms. The van der Waals surface area contributed by atoms with Crippen LogP contribution < -0.4 is 24.2 Å². The van der Waals surface area contributed by atoms with Crippen LogP contribution in [-0.2, 0) is 11.4 Å². The number of carbonyl (C=O) groups is 1. The van der Waals surface area contributed by atoms with Gasteiger partial charge in [-0.3, -0.25) is 4.79 Å². The van der Waals surface area contributed by atoms with E-state index in [2.05, 4.69) is 20.0 Å². The molecular weight excluding hydrogens is 523 g/mol. The molecule has 1 atom stereocenters. The Hall–Kier alpha value is -4.19. The highest BCUT2D eigenvalue weighted by atomic mass is 32.2. The fourth-order valence-electron chi connectivity index (χ4n) is 4.16. The lowest BCUT2D eigenvalue weighted by atomic mass is 9.98. The summed E-state index contributed by atoms with van der Waals surface area (Å²) in [5, 5.41) is 2.86. The fourth-order valence-corrected chi connectivity index (χ4v) is 4.83. The summed E-state index contributed by atoms with van der Waals surface area (Å²) in [6.07, 6.45) is 1.61. The number of aromatic nitrogens is 2. The molecule has 5 rings (SSSR count). The molecule has 0 aliphatic carbocycles. The number of halogens is 1. The quantitative estimate of drug-likeness (QED) is 0.246. The van der Waals surface area contributed by atoms with Crippen LogP contribution in [0.4, 0.5) is 10.1 Å². The molecular formula is C28H25FN4O5S. The van der Waals surface area contributed by atoms with E-state index in [9.17, 15) is 13.7 Å². The fraction of sp³-hybridized carbons (Fsp3) is 0.179. The molecule has 1 unspecified atom stereocenters. The molecule has 0 saturated heterocycles. The van der Waals surface area contributed by atoms with Gasteiger partial charge in [0.05, 0.1) is 17.1 Å². The van der Waals surface area contributed by atoms with Gasteiger partial charge >= 0.3 is 0 Å². The summed E-state index contributed by atoms with van der Waals surface area (Å²) in [4.78, 5) is 22.5. The summed E-state index contributed by atoms with van der Waals surface area (Å²) in [7, 11) is 1.58. The van der Waals surface area contributed by atoms with E-state index in [1.165, 1.54) is 12.1 Å². The Labute approximate surface area is 227 Å². The van der Waals surface area contributed by atoms with Crippen LogP contribution in [0.25, 0.3) is 11.1 Å². The third-order valence-electron chi connectivity index (χ3n) is 6.09. The minimum Gasteiger partial charge on any atom is -0.593 e. The number of anilines is 1. The Morgan fingerprint density at radius 3 is 2.64 bits per heavy atom. The van der Waals surface area contributed by atoms with Crippen molar-refractivity contribution in [3.8, 4) is 34.3 Å². The number of carbonyl (C=O) groups excluding carboxylic acids is 1. The van der Waals surface area contributed by atoms with E-state index in [0.29, 0.717) is 52.1 Å². The molecule has 2 aromatic heterocycles. The smallest absolute Gasteiger partial charge is 0.261 e. The highest BCUT2D eigenvalue weighted by Gasteiger charge is 2.24. The van der Waals surface area contributed by atoms with Crippen molar-refractivity contribution in [2.45, 2.75) is 18.7 Å². The summed E-state index contributed by atoms with van der Waals surface area (Å²) in [6.45, 7) is 4.31. The number of pyridine rings is 2. The van der Waals surface area contributed by atoms with E-state index in [1.54, 1.807) is 51.4 Å². The highest BCUT2D eigenvalue weighted by molar-refractivity contribution is 7.89. The predicted octanol–water partition coefficient (Wildman–Crippen LogP) is 4.96. The van der Waals surface area contributed by atoms with Crippen molar-refractivity contribution >= 4 is 23.0 Å². The van der Waals surface area contributed by atoms with Crippen LogP contribution in [0.1, 0.15) is 21.6 Å². The van der Waals surface area contributed by atoms with E-state index in [4.69, 9.17) is 14.2 Å². The van der Waals surface area contributed by atoms with Crippen molar-refractivity contribution in [3.05, 3.63) is 83.6 Å². The van der Waals surface area contributed by atoms with Gasteiger partial charge in [-0.05, 0) is 61.4 Å². The second kappa shape index (κ2) is 11.3. The number of hydrogen-bond donors (Lipinski definition) is 2. The Morgan fingerprint density at radius 2 is 1.87 bits per heavy atom. The first-order chi connectivity index (χ1) is 18.8. The Bertz CT molecular complexity index is 1550. The molecule has 2 N–H and O–H groups in total. The van der Waals surface area contributed by atoms with Gasteiger partial charge < -0.3 is 24.1 Å². The molecule has 200 valence electrons. The standard InChI is InChI=1S/C28H25FN4O5S/c1-16-21(18-7-8-23-24(13-18)37-12-11-36-23)15-31-28(38-22-9-10-25(29)32-17(22)2)26(16)27(34)33-19-5-4-6-20(14-19)39(35)30-3/h4-10,13-15,30H,11-12H2,1-3H3,(H,33,34). The largest absolute Gasteiger partial charge is 0.593 e. The second-order valence-corrected chi connectivity index (χ2v) is 10.0. The molecule has 0 saturated carbocycles. The molecule has 1 aliphatic heterocycles. The van der Waals surface area contributed by atoms with Gasteiger partial charge in [0.15, 0.2) is 22.1 Å². The van der Waals surface area contributed by atoms with Crippen molar-refractivity contribution in [3.63, 3.8) is 0 Å². The Balaban J connectivity index is 1.56. The molecule has 0 radical (unpaired) electrons. The van der Waals surface area contributed by atoms with Gasteiger partial charge in [-0.1, -0.05) is 12.1 Å². The number of nitrogens with zero attached hydrogens (tertiary/aromatic N) is 2. The van der Waals surface area contributed by atoms with Gasteiger partial charge in [-0.25, -0.2) is 9.97 Å². The van der Waals surface area contributed by atoms with Crippen LogP contribution in [0, 0.1) is 19.8 Å². The van der Waals surface area contributed by atoms with E-state index in [1.807, 2.05) is 18.2 Å². The first-order valence-electron chi connectivity index (χ1n) is 12.0. The molecule has 0 spiro atoms. The summed E-state index contributed by atoms with van der Waals surface area (Å²) >= 11 is -1.43. The van der Waals surface area contributed by atoms with E-state index in [-0.39, 0.29) is 17.2 Å². The minimum atomic E-state index is -1.43. The number of fused-ring (bicyclic) bond motifs is 1. The Kier molecular flexibility index (Phi) is 7.64. The molecule has 1 aliphatic rings. The summed E-state index contributed by atoms with van der Waals surface area (Å²) < 4.78 is 45.8. The molecule has 0 bridgehead atoms. The minimum absolute atomic E-state index is 0.0257. The van der Waals surface area contributed by atoms with Crippen LogP contribution in [0.15, 0.2) is 65.7 Å². The van der Waals surface area contributed by atoms with Crippen molar-refractivity contribution in [2.75, 3.05) is 25.6 Å². The van der Waals surface area contributed by atoms with Gasteiger partial charge in [0, 0.05) is 30.6 Å². The normalized spacial score (nSPS) is 13.1. The molecule has 11 heteroatoms. The zero-order valence-corrected chi connectivity index (χ0v) is 22.2. The van der Waals surface area contributed by atoms with Crippen molar-refractivity contribution in [1.29, 1.82) is 0 Å². The molecule has 1 amide bonds. The van der Waals surface area contributed by atoms with E-state index < -0.39 is 23.2 Å². The summed E-state index contributed by atoms with van der Waals surface area (Å²) in [5.74, 6) is 0.399. The van der Waals surface area contributed by atoms with Crippen molar-refractivity contribution in [2.24, 2.45) is 0 Å². The number of nitrogens with one attached hydrogen (secondary N) is 2. The zero-order valence-electron chi connectivity index (χ0n) is 21.4. The van der Waals surface area contributed by atoms with Gasteiger partial charge in [0.25, 0.3) is 5.91 Å². The zero-order chi connectivity index (χ0) is 27.5. The molecule has 0 fully saturated rings. The second-order valence-electron chi connectivity index (χ2n) is 8.61. The van der Waals surface area contributed by atoms with E-state index in [0.717, 1.165) is 5.56 Å². The SMILES string of the molecule is CN[S+]([O-])c1cccc(NC(=O)c2c(Oc3ccc(F)nc3C)ncc(-c3ccc4c(c3)OCCO4)c2C)c1. The highest BCUT2D eigenvalue weighted by Crippen LogP contribution is 2.38. The van der Waals surface area contributed by atoms with Gasteiger partial charge in [0.1, 0.15) is 18.8 Å². The van der Waals surface area contributed by atoms with Crippen LogP contribution in [0.5, 0.6) is 23.1 Å². The van der Waals surface area contributed by atoms with Crippen molar-refractivity contribution in [1.82, 2.24) is 14.7 Å². The molecule has 2 aromatic carbocycles. The van der Waals surface area contributed by atoms with Crippen LogP contribution >= 0.6 is 0 Å². The maximum atomic E-state index is 13.7. The van der Waals surface area contributed by atoms with Crippen molar-refractivity contribution < 1.29 is 27.9 Å². The van der Waals surface area contributed by atoms with E-state index >= 15 is 0 Å². The monoisotopic (exact) mass is 548 g/mol. The predicted molar refractivity (Wildman–Crippen MR) is 144 cm³/mol. The maximum absolute atomic E-state index is 13.7. The lowest BCUT2D eigenvalue weighted by Crippen LogP contribution is -2.19. The topological polar surface area (TPSA) is 118 Å². The van der Waals surface area contributed by atoms with Gasteiger partial charge in [-0.2, -0.15) is 4.39 Å². The van der Waals surface area contributed by atoms with Crippen LogP contribution in [-0.4, -0.2) is 40.7 Å². The maximum Gasteiger partial charge on any atom is 0.261 e. The number of amides is 1. The van der Waals surface area contributed by atoms with Gasteiger partial charge in [-0.15, -0.1) is 4.72 Å². The third kappa shape index (κ3) is 5.65. The molecule has 4 aromatic rings. The lowest BCUT2D eigenvalue weighted by Gasteiger charge is -2.20. The summed E-state index contributed by atoms with van der Waals surface area (Å²) in [6, 6.07) is 14.8. The van der Waals surface area contributed by atoms with Crippen LogP contribution in [0.2, 0.25) is 0 Å². The molecule has 3 heterocycles. The first kappa shape index (κ1) is 26.4. The molecule has 9 nitrogen and oxygen atoms in total. The average molecular weight is 549 g/mol.